The van der Waals surface area contributed by atoms with Crippen LogP contribution >= 0.6 is 22.6 Å². The summed E-state index contributed by atoms with van der Waals surface area (Å²) >= 11 is 2.02. The van der Waals surface area contributed by atoms with Gasteiger partial charge in [0.1, 0.15) is 5.82 Å². The number of carbonyl (C=O) groups excluding carboxylic acids is 1. The van der Waals surface area contributed by atoms with E-state index in [0.29, 0.717) is 21.0 Å². The van der Waals surface area contributed by atoms with Crippen LogP contribution in [0.1, 0.15) is 29.6 Å². The van der Waals surface area contributed by atoms with Crippen LogP contribution in [0.15, 0.2) is 18.2 Å². The van der Waals surface area contributed by atoms with Gasteiger partial charge in [-0.05, 0) is 65.5 Å². The fourth-order valence-corrected chi connectivity index (χ4v) is 4.22. The molecule has 0 radical (unpaired) electrons. The third-order valence-corrected chi connectivity index (χ3v) is 5.50. The maximum absolute atomic E-state index is 13.1. The summed E-state index contributed by atoms with van der Waals surface area (Å²) in [7, 11) is 0. The molecule has 0 aromatic heterocycles. The van der Waals surface area contributed by atoms with Crippen molar-refractivity contribution in [2.75, 3.05) is 13.1 Å². The standard InChI is InChI=1S/C15H18FIN2O/c16-10-4-5-11(13(17)6-10)15(20)19-7-9-2-1-3-14(18)12(9)8-19/h4-6,9,12,14H,1-3,7-8,18H2. The smallest absolute Gasteiger partial charge is 0.254 e. The maximum atomic E-state index is 13.1. The van der Waals surface area contributed by atoms with Crippen LogP contribution in [-0.4, -0.2) is 29.9 Å². The van der Waals surface area contributed by atoms with Gasteiger partial charge in [-0.25, -0.2) is 4.39 Å². The predicted octanol–water partition coefficient (Wildman–Crippen LogP) is 2.63. The SMILES string of the molecule is NC1CCCC2CN(C(=O)c3ccc(F)cc3I)CC12. The van der Waals surface area contributed by atoms with E-state index >= 15 is 0 Å². The van der Waals surface area contributed by atoms with E-state index in [1.165, 1.54) is 25.0 Å². The van der Waals surface area contributed by atoms with Gasteiger partial charge in [-0.2, -0.15) is 0 Å². The Morgan fingerprint density at radius 1 is 1.35 bits per heavy atom. The zero-order valence-corrected chi connectivity index (χ0v) is 13.3. The van der Waals surface area contributed by atoms with E-state index in [1.807, 2.05) is 27.5 Å². The highest BCUT2D eigenvalue weighted by Crippen LogP contribution is 2.36. The molecule has 1 aromatic rings. The fourth-order valence-electron chi connectivity index (χ4n) is 3.52. The van der Waals surface area contributed by atoms with E-state index in [4.69, 9.17) is 5.73 Å². The number of amides is 1. The second-order valence-electron chi connectivity index (χ2n) is 5.85. The summed E-state index contributed by atoms with van der Waals surface area (Å²) in [5.74, 6) is 0.686. The van der Waals surface area contributed by atoms with Gasteiger partial charge in [-0.3, -0.25) is 4.79 Å². The van der Waals surface area contributed by atoms with Crippen molar-refractivity contribution in [1.82, 2.24) is 4.90 Å². The first-order chi connectivity index (χ1) is 9.56. The van der Waals surface area contributed by atoms with E-state index < -0.39 is 0 Å². The Morgan fingerprint density at radius 2 is 2.15 bits per heavy atom. The molecule has 1 aliphatic heterocycles. The number of nitrogens with zero attached hydrogens (tertiary/aromatic N) is 1. The highest BCUT2D eigenvalue weighted by molar-refractivity contribution is 14.1. The second kappa shape index (κ2) is 5.60. The molecule has 3 unspecified atom stereocenters. The van der Waals surface area contributed by atoms with Gasteiger partial charge >= 0.3 is 0 Å². The van der Waals surface area contributed by atoms with Crippen molar-refractivity contribution in [3.05, 3.63) is 33.1 Å². The molecular formula is C15H18FIN2O. The summed E-state index contributed by atoms with van der Waals surface area (Å²) in [5.41, 5.74) is 6.78. The largest absolute Gasteiger partial charge is 0.338 e. The lowest BCUT2D eigenvalue weighted by molar-refractivity contribution is 0.0782. The van der Waals surface area contributed by atoms with Crippen LogP contribution in [0.3, 0.4) is 0 Å². The average molecular weight is 388 g/mol. The Hall–Kier alpha value is -0.690. The zero-order valence-electron chi connectivity index (χ0n) is 11.2. The lowest BCUT2D eigenvalue weighted by Gasteiger charge is -2.29. The normalized spacial score (nSPS) is 29.4. The number of likely N-dealkylation sites (tertiary alicyclic amines) is 1. The van der Waals surface area contributed by atoms with Gasteiger partial charge in [0.2, 0.25) is 0 Å². The van der Waals surface area contributed by atoms with Crippen LogP contribution in [0.4, 0.5) is 4.39 Å². The lowest BCUT2D eigenvalue weighted by atomic mass is 9.78. The summed E-state index contributed by atoms with van der Waals surface area (Å²) < 4.78 is 13.8. The van der Waals surface area contributed by atoms with Crippen molar-refractivity contribution in [2.24, 2.45) is 17.6 Å². The first-order valence-corrected chi connectivity index (χ1v) is 8.14. The highest BCUT2D eigenvalue weighted by atomic mass is 127. The first-order valence-electron chi connectivity index (χ1n) is 7.06. The third-order valence-electron chi connectivity index (χ3n) is 4.60. The fraction of sp³-hybridized carbons (Fsp3) is 0.533. The summed E-state index contributed by atoms with van der Waals surface area (Å²) in [4.78, 5) is 14.5. The Bertz CT molecular complexity index is 537. The number of rotatable bonds is 1. The van der Waals surface area contributed by atoms with Crippen molar-refractivity contribution in [3.8, 4) is 0 Å². The average Bonchev–Trinajstić information content (AvgIpc) is 2.83. The monoisotopic (exact) mass is 388 g/mol. The van der Waals surface area contributed by atoms with E-state index in [0.717, 1.165) is 19.5 Å². The van der Waals surface area contributed by atoms with Gasteiger partial charge in [-0.15, -0.1) is 0 Å². The molecule has 5 heteroatoms. The van der Waals surface area contributed by atoms with Gasteiger partial charge in [0, 0.05) is 22.7 Å². The predicted molar refractivity (Wildman–Crippen MR) is 83.8 cm³/mol. The van der Waals surface area contributed by atoms with Crippen LogP contribution in [0.25, 0.3) is 0 Å². The molecule has 2 N–H and O–H groups in total. The number of benzene rings is 1. The quantitative estimate of drug-likeness (QED) is 0.752. The van der Waals surface area contributed by atoms with Crippen LogP contribution in [0, 0.1) is 21.2 Å². The number of nitrogens with two attached hydrogens (primary N) is 1. The molecule has 0 spiro atoms. The number of carbonyl (C=O) groups is 1. The topological polar surface area (TPSA) is 46.3 Å². The molecule has 1 aromatic carbocycles. The Labute approximate surface area is 131 Å². The van der Waals surface area contributed by atoms with Gasteiger partial charge in [0.15, 0.2) is 0 Å². The summed E-state index contributed by atoms with van der Waals surface area (Å²) in [6, 6.07) is 4.56. The van der Waals surface area contributed by atoms with Crippen molar-refractivity contribution >= 4 is 28.5 Å². The minimum Gasteiger partial charge on any atom is -0.338 e. The number of fused-ring (bicyclic) bond motifs is 1. The molecule has 2 aliphatic rings. The molecule has 1 amide bonds. The first kappa shape index (κ1) is 14.3. The molecule has 1 heterocycles. The van der Waals surface area contributed by atoms with Gasteiger partial charge in [0.25, 0.3) is 5.91 Å². The number of hydrogen-bond acceptors (Lipinski definition) is 2. The molecule has 108 valence electrons. The van der Waals surface area contributed by atoms with E-state index in [1.54, 1.807) is 6.07 Å². The maximum Gasteiger partial charge on any atom is 0.254 e. The van der Waals surface area contributed by atoms with Crippen LogP contribution in [0.5, 0.6) is 0 Å². The second-order valence-corrected chi connectivity index (χ2v) is 7.02. The molecule has 3 nitrogen and oxygen atoms in total. The Morgan fingerprint density at radius 3 is 2.85 bits per heavy atom. The third kappa shape index (κ3) is 2.57. The molecular weight excluding hydrogens is 370 g/mol. The number of halogens is 2. The summed E-state index contributed by atoms with van der Waals surface area (Å²) in [5, 5.41) is 0. The van der Waals surface area contributed by atoms with E-state index in [2.05, 4.69) is 0 Å². The van der Waals surface area contributed by atoms with E-state index in [-0.39, 0.29) is 17.8 Å². The molecule has 1 saturated heterocycles. The Balaban J connectivity index is 1.78. The lowest BCUT2D eigenvalue weighted by Crippen LogP contribution is -2.38. The molecule has 3 atom stereocenters. The van der Waals surface area contributed by atoms with Crippen molar-refractivity contribution < 1.29 is 9.18 Å². The minimum atomic E-state index is -0.303. The molecule has 20 heavy (non-hydrogen) atoms. The summed E-state index contributed by atoms with van der Waals surface area (Å²) in [6.07, 6.45) is 3.40. The van der Waals surface area contributed by atoms with Gasteiger partial charge in [0.05, 0.1) is 5.56 Å². The summed E-state index contributed by atoms with van der Waals surface area (Å²) in [6.45, 7) is 1.54. The Kier molecular flexibility index (Phi) is 3.99. The van der Waals surface area contributed by atoms with Crippen molar-refractivity contribution in [3.63, 3.8) is 0 Å². The molecule has 1 aliphatic carbocycles. The molecule has 1 saturated carbocycles. The molecule has 0 bridgehead atoms. The molecule has 2 fully saturated rings. The van der Waals surface area contributed by atoms with Gasteiger partial charge in [-0.1, -0.05) is 6.42 Å². The van der Waals surface area contributed by atoms with Crippen LogP contribution in [0.2, 0.25) is 0 Å². The van der Waals surface area contributed by atoms with Crippen molar-refractivity contribution in [1.29, 1.82) is 0 Å². The van der Waals surface area contributed by atoms with Crippen molar-refractivity contribution in [2.45, 2.75) is 25.3 Å². The van der Waals surface area contributed by atoms with Crippen LogP contribution < -0.4 is 5.73 Å². The highest BCUT2D eigenvalue weighted by Gasteiger charge is 2.40. The minimum absolute atomic E-state index is 0.0102. The number of hydrogen-bond donors (Lipinski definition) is 1. The van der Waals surface area contributed by atoms with Crippen LogP contribution in [-0.2, 0) is 0 Å². The van der Waals surface area contributed by atoms with E-state index in [9.17, 15) is 9.18 Å². The van der Waals surface area contributed by atoms with Gasteiger partial charge < -0.3 is 10.6 Å². The molecule has 3 rings (SSSR count). The zero-order chi connectivity index (χ0) is 14.3.